The topological polar surface area (TPSA) is 38.3 Å². The minimum Gasteiger partial charge on any atom is -0.431 e. The summed E-state index contributed by atoms with van der Waals surface area (Å²) in [4.78, 5) is 10.9. The van der Waals surface area contributed by atoms with Crippen LogP contribution in [0, 0.1) is 0 Å². The third kappa shape index (κ3) is 1.92. The molecule has 1 aliphatic rings. The zero-order valence-electron chi connectivity index (χ0n) is 7.64. The summed E-state index contributed by atoms with van der Waals surface area (Å²) < 4.78 is 41.9. The first kappa shape index (κ1) is 11.1. The summed E-state index contributed by atoms with van der Waals surface area (Å²) >= 11 is 5.59. The molecule has 1 unspecified atom stereocenters. The largest absolute Gasteiger partial charge is 0.431 e. The van der Waals surface area contributed by atoms with Gasteiger partial charge in [-0.3, -0.25) is 5.32 Å². The molecule has 0 aliphatic carbocycles. The lowest BCUT2D eigenvalue weighted by atomic mass is 10.1. The van der Waals surface area contributed by atoms with E-state index in [1.165, 1.54) is 12.1 Å². The van der Waals surface area contributed by atoms with Crippen LogP contribution < -0.4 is 5.32 Å². The molecule has 0 aromatic heterocycles. The standard InChI is InChI=1S/C9H5ClF3NO2/c10-4-1-2-6-5(3-4)7(9(11,12)13)16-8(15)14-6/h1-3,7H,(H,14,15). The number of carbonyl (C=O) groups excluding carboxylic acids is 1. The number of anilines is 1. The Hall–Kier alpha value is -1.43. The van der Waals surface area contributed by atoms with E-state index in [-0.39, 0.29) is 16.3 Å². The number of cyclic esters (lactones) is 1. The average molecular weight is 252 g/mol. The van der Waals surface area contributed by atoms with Crippen LogP contribution in [0.1, 0.15) is 11.7 Å². The highest BCUT2D eigenvalue weighted by Crippen LogP contribution is 2.42. The minimum atomic E-state index is -4.66. The molecule has 0 radical (unpaired) electrons. The van der Waals surface area contributed by atoms with E-state index in [0.717, 1.165) is 6.07 Å². The fourth-order valence-corrected chi connectivity index (χ4v) is 1.60. The number of rotatable bonds is 0. The second-order valence-electron chi connectivity index (χ2n) is 3.18. The maximum Gasteiger partial charge on any atom is 0.430 e. The van der Waals surface area contributed by atoms with Gasteiger partial charge in [-0.05, 0) is 18.2 Å². The minimum absolute atomic E-state index is 0.0583. The maximum absolute atomic E-state index is 12.6. The van der Waals surface area contributed by atoms with Gasteiger partial charge in [0.2, 0.25) is 6.10 Å². The Morgan fingerprint density at radius 1 is 1.38 bits per heavy atom. The molecule has 1 aromatic rings. The molecule has 0 saturated heterocycles. The van der Waals surface area contributed by atoms with E-state index in [2.05, 4.69) is 10.1 Å². The Labute approximate surface area is 93.1 Å². The van der Waals surface area contributed by atoms with E-state index < -0.39 is 18.4 Å². The van der Waals surface area contributed by atoms with E-state index >= 15 is 0 Å². The fraction of sp³-hybridized carbons (Fsp3) is 0.222. The van der Waals surface area contributed by atoms with Crippen LogP contribution in [-0.2, 0) is 4.74 Å². The molecule has 1 N–H and O–H groups in total. The molecule has 3 nitrogen and oxygen atoms in total. The average Bonchev–Trinajstić information content (AvgIpc) is 2.16. The van der Waals surface area contributed by atoms with Gasteiger partial charge in [0.15, 0.2) is 0 Å². The summed E-state index contributed by atoms with van der Waals surface area (Å²) in [5.74, 6) is 0. The summed E-state index contributed by atoms with van der Waals surface area (Å²) in [6, 6.07) is 3.81. The number of fused-ring (bicyclic) bond motifs is 1. The molecule has 1 heterocycles. The van der Waals surface area contributed by atoms with Crippen LogP contribution >= 0.6 is 11.6 Å². The summed E-state index contributed by atoms with van der Waals surface area (Å²) in [6.45, 7) is 0. The number of halogens is 4. The second kappa shape index (κ2) is 3.55. The van der Waals surface area contributed by atoms with E-state index in [4.69, 9.17) is 11.6 Å². The van der Waals surface area contributed by atoms with Gasteiger partial charge >= 0.3 is 12.3 Å². The van der Waals surface area contributed by atoms with Crippen LogP contribution in [0.3, 0.4) is 0 Å². The predicted molar refractivity (Wildman–Crippen MR) is 50.4 cm³/mol. The van der Waals surface area contributed by atoms with E-state index in [1.54, 1.807) is 0 Å². The molecule has 1 atom stereocenters. The zero-order valence-corrected chi connectivity index (χ0v) is 8.39. The molecule has 7 heteroatoms. The lowest BCUT2D eigenvalue weighted by Crippen LogP contribution is -2.33. The smallest absolute Gasteiger partial charge is 0.430 e. The van der Waals surface area contributed by atoms with Gasteiger partial charge in [0, 0.05) is 10.6 Å². The molecule has 0 bridgehead atoms. The third-order valence-corrected chi connectivity index (χ3v) is 2.29. The molecule has 0 saturated carbocycles. The molecule has 1 aromatic carbocycles. The van der Waals surface area contributed by atoms with E-state index in [0.29, 0.717) is 0 Å². The third-order valence-electron chi connectivity index (χ3n) is 2.05. The Balaban J connectivity index is 2.52. The summed E-state index contributed by atoms with van der Waals surface area (Å²) in [5.41, 5.74) is -0.137. The Morgan fingerprint density at radius 3 is 2.69 bits per heavy atom. The number of carbonyl (C=O) groups is 1. The Morgan fingerprint density at radius 2 is 2.06 bits per heavy atom. The highest BCUT2D eigenvalue weighted by Gasteiger charge is 2.47. The first-order chi connectivity index (χ1) is 7.38. The lowest BCUT2D eigenvalue weighted by molar-refractivity contribution is -0.206. The van der Waals surface area contributed by atoms with Crippen LogP contribution in [-0.4, -0.2) is 12.3 Å². The Kier molecular flexibility index (Phi) is 2.46. The second-order valence-corrected chi connectivity index (χ2v) is 3.62. The van der Waals surface area contributed by atoms with Crippen LogP contribution in [0.5, 0.6) is 0 Å². The number of benzene rings is 1. The number of hydrogen-bond donors (Lipinski definition) is 1. The molecular formula is C9H5ClF3NO2. The summed E-state index contributed by atoms with van der Waals surface area (Å²) in [7, 11) is 0. The highest BCUT2D eigenvalue weighted by molar-refractivity contribution is 6.30. The highest BCUT2D eigenvalue weighted by atomic mass is 35.5. The van der Waals surface area contributed by atoms with Crippen molar-refractivity contribution < 1.29 is 22.7 Å². The molecule has 16 heavy (non-hydrogen) atoms. The molecule has 0 fully saturated rings. The van der Waals surface area contributed by atoms with Crippen molar-refractivity contribution in [1.29, 1.82) is 0 Å². The van der Waals surface area contributed by atoms with Crippen molar-refractivity contribution in [3.8, 4) is 0 Å². The van der Waals surface area contributed by atoms with Crippen molar-refractivity contribution in [3.05, 3.63) is 28.8 Å². The lowest BCUT2D eigenvalue weighted by Gasteiger charge is -2.27. The van der Waals surface area contributed by atoms with Gasteiger partial charge in [-0.25, -0.2) is 4.79 Å². The molecule has 1 aliphatic heterocycles. The van der Waals surface area contributed by atoms with Gasteiger partial charge in [0.1, 0.15) is 0 Å². The van der Waals surface area contributed by atoms with Crippen molar-refractivity contribution in [2.24, 2.45) is 0 Å². The van der Waals surface area contributed by atoms with Crippen molar-refractivity contribution in [2.45, 2.75) is 12.3 Å². The quantitative estimate of drug-likeness (QED) is 0.766. The van der Waals surface area contributed by atoms with Crippen molar-refractivity contribution in [2.75, 3.05) is 5.32 Å². The number of nitrogens with one attached hydrogen (secondary N) is 1. The van der Waals surface area contributed by atoms with Crippen LogP contribution in [0.4, 0.5) is 23.7 Å². The van der Waals surface area contributed by atoms with Crippen LogP contribution in [0.2, 0.25) is 5.02 Å². The zero-order chi connectivity index (χ0) is 11.9. The van der Waals surface area contributed by atoms with Crippen molar-refractivity contribution in [1.82, 2.24) is 0 Å². The molecule has 1 amide bonds. The van der Waals surface area contributed by atoms with E-state index in [9.17, 15) is 18.0 Å². The van der Waals surface area contributed by atoms with Gasteiger partial charge in [-0.1, -0.05) is 11.6 Å². The molecule has 2 rings (SSSR count). The first-order valence-corrected chi connectivity index (χ1v) is 4.59. The normalized spacial score (nSPS) is 19.8. The molecule has 0 spiro atoms. The predicted octanol–water partition coefficient (Wildman–Crippen LogP) is 3.51. The van der Waals surface area contributed by atoms with Crippen LogP contribution in [0.25, 0.3) is 0 Å². The van der Waals surface area contributed by atoms with Crippen molar-refractivity contribution in [3.63, 3.8) is 0 Å². The first-order valence-electron chi connectivity index (χ1n) is 4.22. The van der Waals surface area contributed by atoms with Crippen molar-refractivity contribution >= 4 is 23.4 Å². The number of ether oxygens (including phenoxy) is 1. The monoisotopic (exact) mass is 251 g/mol. The van der Waals surface area contributed by atoms with Gasteiger partial charge in [0.25, 0.3) is 0 Å². The number of alkyl halides is 3. The number of amides is 1. The SMILES string of the molecule is O=C1Nc2ccc(Cl)cc2C(C(F)(F)F)O1. The molecular weight excluding hydrogens is 247 g/mol. The fourth-order valence-electron chi connectivity index (χ4n) is 1.42. The van der Waals surface area contributed by atoms with E-state index in [1.807, 2.05) is 0 Å². The Bertz CT molecular complexity index is 447. The van der Waals surface area contributed by atoms with Crippen LogP contribution in [0.15, 0.2) is 18.2 Å². The van der Waals surface area contributed by atoms with Gasteiger partial charge in [-0.2, -0.15) is 13.2 Å². The van der Waals surface area contributed by atoms with Gasteiger partial charge < -0.3 is 4.74 Å². The summed E-state index contributed by atoms with van der Waals surface area (Å²) in [6.07, 6.45) is -8.05. The maximum atomic E-state index is 12.6. The molecule has 86 valence electrons. The van der Waals surface area contributed by atoms with Gasteiger partial charge in [0.05, 0.1) is 5.69 Å². The number of hydrogen-bond acceptors (Lipinski definition) is 2. The summed E-state index contributed by atoms with van der Waals surface area (Å²) in [5, 5.41) is 2.32. The van der Waals surface area contributed by atoms with Gasteiger partial charge in [-0.15, -0.1) is 0 Å².